The molecule has 2 heterocycles. The van der Waals surface area contributed by atoms with Gasteiger partial charge in [-0.15, -0.1) is 5.10 Å². The average Bonchev–Trinajstić information content (AvgIpc) is 3.22. The molecular weight excluding hydrogens is 358 g/mol. The van der Waals surface area contributed by atoms with Crippen LogP contribution in [0.3, 0.4) is 0 Å². The zero-order valence-corrected chi connectivity index (χ0v) is 15.5. The van der Waals surface area contributed by atoms with E-state index in [0.29, 0.717) is 21.9 Å². The molecule has 0 saturated carbocycles. The number of hydrogen-bond donors (Lipinski definition) is 0. The molecule has 0 amide bonds. The molecule has 4 aromatic rings. The van der Waals surface area contributed by atoms with Crippen LogP contribution in [-0.4, -0.2) is 21.2 Å². The van der Waals surface area contributed by atoms with Gasteiger partial charge in [-0.25, -0.2) is 0 Å². The maximum absolute atomic E-state index is 12.7. The van der Waals surface area contributed by atoms with Crippen LogP contribution in [0, 0.1) is 0 Å². The van der Waals surface area contributed by atoms with Gasteiger partial charge in [0.25, 0.3) is 5.56 Å². The van der Waals surface area contributed by atoms with Gasteiger partial charge in [-0.3, -0.25) is 4.79 Å². The minimum Gasteiger partial charge on any atom is -0.493 e. The number of thiazole rings is 1. The van der Waals surface area contributed by atoms with Crippen molar-refractivity contribution >= 4 is 34.5 Å². The van der Waals surface area contributed by atoms with Crippen molar-refractivity contribution < 1.29 is 4.74 Å². The van der Waals surface area contributed by atoms with Crippen molar-refractivity contribution in [2.75, 3.05) is 6.61 Å². The number of ether oxygens (including phenoxy) is 1. The number of aromatic nitrogens is 3. The van der Waals surface area contributed by atoms with Gasteiger partial charge >= 0.3 is 0 Å². The van der Waals surface area contributed by atoms with E-state index >= 15 is 0 Å². The molecule has 0 bridgehead atoms. The molecule has 0 aliphatic rings. The number of benzene rings is 2. The molecule has 0 spiro atoms. The standard InChI is InChI=1S/C21H17N3O2S/c1-2-26-17-11-7-6-10-16(17)14-18-20(25)24-21(27-18)22-19(23-24)13-12-15-8-4-3-5-9-15/h3-14H,2H2,1H3/b13-12+,18-14-. The van der Waals surface area contributed by atoms with Crippen molar-refractivity contribution in [1.82, 2.24) is 14.6 Å². The summed E-state index contributed by atoms with van der Waals surface area (Å²) >= 11 is 1.32. The molecule has 2 aromatic carbocycles. The first-order valence-electron chi connectivity index (χ1n) is 8.61. The Balaban J connectivity index is 1.69. The van der Waals surface area contributed by atoms with Gasteiger partial charge in [0, 0.05) is 5.56 Å². The van der Waals surface area contributed by atoms with Crippen molar-refractivity contribution in [1.29, 1.82) is 0 Å². The zero-order chi connectivity index (χ0) is 18.6. The molecule has 6 heteroatoms. The number of nitrogens with zero attached hydrogens (tertiary/aromatic N) is 3. The summed E-state index contributed by atoms with van der Waals surface area (Å²) in [4.78, 5) is 17.7. The fourth-order valence-electron chi connectivity index (χ4n) is 2.68. The molecule has 27 heavy (non-hydrogen) atoms. The van der Waals surface area contributed by atoms with Crippen LogP contribution in [0.25, 0.3) is 23.2 Å². The molecule has 0 radical (unpaired) electrons. The Morgan fingerprint density at radius 3 is 2.63 bits per heavy atom. The summed E-state index contributed by atoms with van der Waals surface area (Å²) in [7, 11) is 0. The van der Waals surface area contributed by atoms with E-state index in [9.17, 15) is 4.79 Å². The van der Waals surface area contributed by atoms with Crippen LogP contribution in [0.2, 0.25) is 0 Å². The average molecular weight is 375 g/mol. The Morgan fingerprint density at radius 2 is 1.85 bits per heavy atom. The van der Waals surface area contributed by atoms with E-state index in [1.54, 1.807) is 0 Å². The maximum atomic E-state index is 12.7. The van der Waals surface area contributed by atoms with Crippen LogP contribution in [-0.2, 0) is 0 Å². The summed E-state index contributed by atoms with van der Waals surface area (Å²) < 4.78 is 7.55. The lowest BCUT2D eigenvalue weighted by molar-refractivity contribution is 0.339. The van der Waals surface area contributed by atoms with Crippen molar-refractivity contribution in [2.45, 2.75) is 6.92 Å². The van der Waals surface area contributed by atoms with Gasteiger partial charge in [0.15, 0.2) is 5.82 Å². The summed E-state index contributed by atoms with van der Waals surface area (Å²) in [6.45, 7) is 2.50. The van der Waals surface area contributed by atoms with Crippen molar-refractivity contribution in [3.63, 3.8) is 0 Å². The van der Waals surface area contributed by atoms with Crippen molar-refractivity contribution in [3.05, 3.63) is 86.4 Å². The zero-order valence-electron chi connectivity index (χ0n) is 14.7. The monoisotopic (exact) mass is 375 g/mol. The second-order valence-corrected chi connectivity index (χ2v) is 6.80. The molecular formula is C21H17N3O2S. The van der Waals surface area contributed by atoms with Crippen LogP contribution < -0.4 is 14.8 Å². The lowest BCUT2D eigenvalue weighted by Gasteiger charge is -2.05. The summed E-state index contributed by atoms with van der Waals surface area (Å²) in [6, 6.07) is 17.5. The van der Waals surface area contributed by atoms with Crippen molar-refractivity contribution in [3.8, 4) is 5.75 Å². The van der Waals surface area contributed by atoms with Crippen LogP contribution in [0.5, 0.6) is 5.75 Å². The maximum Gasteiger partial charge on any atom is 0.291 e. The van der Waals surface area contributed by atoms with Gasteiger partial charge in [-0.1, -0.05) is 65.9 Å². The molecule has 0 aliphatic carbocycles. The second kappa shape index (κ2) is 7.55. The highest BCUT2D eigenvalue weighted by molar-refractivity contribution is 7.15. The van der Waals surface area contributed by atoms with E-state index < -0.39 is 0 Å². The van der Waals surface area contributed by atoms with E-state index in [2.05, 4.69) is 10.1 Å². The first-order chi connectivity index (χ1) is 13.2. The van der Waals surface area contributed by atoms with Gasteiger partial charge in [-0.2, -0.15) is 9.50 Å². The lowest BCUT2D eigenvalue weighted by Crippen LogP contribution is -2.23. The molecule has 4 rings (SSSR count). The SMILES string of the molecule is CCOc1ccccc1/C=c1\sc2nc(/C=C/c3ccccc3)nn2c1=O. The predicted molar refractivity (Wildman–Crippen MR) is 109 cm³/mol. The minimum atomic E-state index is -0.173. The summed E-state index contributed by atoms with van der Waals surface area (Å²) in [5, 5.41) is 4.31. The van der Waals surface area contributed by atoms with Crippen LogP contribution >= 0.6 is 11.3 Å². The van der Waals surface area contributed by atoms with Crippen LogP contribution in [0.1, 0.15) is 23.9 Å². The normalized spacial score (nSPS) is 12.3. The molecule has 5 nitrogen and oxygen atoms in total. The highest BCUT2D eigenvalue weighted by atomic mass is 32.1. The smallest absolute Gasteiger partial charge is 0.291 e. The van der Waals surface area contributed by atoms with E-state index in [4.69, 9.17) is 4.74 Å². The lowest BCUT2D eigenvalue weighted by atomic mass is 10.2. The molecule has 0 N–H and O–H groups in total. The topological polar surface area (TPSA) is 56.5 Å². The predicted octanol–water partition coefficient (Wildman–Crippen LogP) is 3.27. The van der Waals surface area contributed by atoms with E-state index in [-0.39, 0.29) is 5.56 Å². The van der Waals surface area contributed by atoms with Gasteiger partial charge in [0.05, 0.1) is 11.1 Å². The number of hydrogen-bond acceptors (Lipinski definition) is 5. The Bertz CT molecular complexity index is 1210. The van der Waals surface area contributed by atoms with Gasteiger partial charge < -0.3 is 4.74 Å². The van der Waals surface area contributed by atoms with Gasteiger partial charge in [0.2, 0.25) is 4.96 Å². The Labute approximate surface area is 159 Å². The quantitative estimate of drug-likeness (QED) is 0.537. The highest BCUT2D eigenvalue weighted by Crippen LogP contribution is 2.18. The molecule has 134 valence electrons. The first-order valence-corrected chi connectivity index (χ1v) is 9.42. The Morgan fingerprint density at radius 1 is 1.07 bits per heavy atom. The molecule has 0 aliphatic heterocycles. The minimum absolute atomic E-state index is 0.173. The second-order valence-electron chi connectivity index (χ2n) is 5.80. The summed E-state index contributed by atoms with van der Waals surface area (Å²) in [5.41, 5.74) is 1.75. The third-order valence-electron chi connectivity index (χ3n) is 3.93. The fraction of sp³-hybridized carbons (Fsp3) is 0.0952. The molecule has 0 unspecified atom stereocenters. The number of fused-ring (bicyclic) bond motifs is 1. The van der Waals surface area contributed by atoms with Crippen molar-refractivity contribution in [2.24, 2.45) is 0 Å². The molecule has 0 atom stereocenters. The van der Waals surface area contributed by atoms with Gasteiger partial charge in [-0.05, 0) is 30.7 Å². The molecule has 2 aromatic heterocycles. The summed E-state index contributed by atoms with van der Waals surface area (Å²) in [6.07, 6.45) is 5.56. The summed E-state index contributed by atoms with van der Waals surface area (Å²) in [5.74, 6) is 1.27. The highest BCUT2D eigenvalue weighted by Gasteiger charge is 2.09. The third kappa shape index (κ3) is 3.66. The number of rotatable bonds is 5. The number of para-hydroxylation sites is 1. The Kier molecular flexibility index (Phi) is 4.80. The van der Waals surface area contributed by atoms with Crippen LogP contribution in [0.4, 0.5) is 0 Å². The van der Waals surface area contributed by atoms with E-state index in [0.717, 1.165) is 16.9 Å². The Hall–Kier alpha value is -3.25. The molecule has 0 fully saturated rings. The fourth-order valence-corrected chi connectivity index (χ4v) is 3.59. The van der Waals surface area contributed by atoms with Crippen LogP contribution in [0.15, 0.2) is 59.4 Å². The first kappa shape index (κ1) is 17.2. The molecule has 0 saturated heterocycles. The van der Waals surface area contributed by atoms with Gasteiger partial charge in [0.1, 0.15) is 5.75 Å². The third-order valence-corrected chi connectivity index (χ3v) is 4.89. The largest absolute Gasteiger partial charge is 0.493 e. The van der Waals surface area contributed by atoms with E-state index in [1.165, 1.54) is 15.9 Å². The van der Waals surface area contributed by atoms with E-state index in [1.807, 2.05) is 79.7 Å².